The monoisotopic (exact) mass is 504 g/mol. The van der Waals surface area contributed by atoms with Crippen LogP contribution in [0.1, 0.15) is 93.4 Å². The van der Waals surface area contributed by atoms with Gasteiger partial charge in [-0.05, 0) is 98.7 Å². The van der Waals surface area contributed by atoms with E-state index in [1.807, 2.05) is 0 Å². The minimum atomic E-state index is -1.23. The van der Waals surface area contributed by atoms with Crippen molar-refractivity contribution < 1.29 is 29.6 Å². The van der Waals surface area contributed by atoms with Gasteiger partial charge in [0, 0.05) is 6.92 Å². The second-order valence-corrected chi connectivity index (χ2v) is 14.4. The Balaban J connectivity index is 1.43. The van der Waals surface area contributed by atoms with Gasteiger partial charge >= 0.3 is 5.97 Å². The maximum Gasteiger partial charge on any atom is 0.303 e. The summed E-state index contributed by atoms with van der Waals surface area (Å²) in [7, 11) is 0. The molecule has 5 rings (SSSR count). The van der Waals surface area contributed by atoms with Crippen molar-refractivity contribution in [1.29, 1.82) is 0 Å². The number of aliphatic hydroxyl groups is 3. The van der Waals surface area contributed by atoms with E-state index < -0.39 is 29.9 Å². The SMILES string of the molecule is CC(=O)OC(C1CC[C@H]2C(O1)[C@H](O)C1C3CCC4C(C)(CCC(O)C4(C)C)C3=CCC12C)C(C)(C)O. The molecular weight excluding hydrogens is 456 g/mol. The average molecular weight is 505 g/mol. The van der Waals surface area contributed by atoms with Crippen LogP contribution in [0, 0.1) is 39.9 Å². The van der Waals surface area contributed by atoms with Crippen molar-refractivity contribution >= 4 is 5.97 Å². The number of hydrogen-bond acceptors (Lipinski definition) is 6. The number of aliphatic hydroxyl groups excluding tert-OH is 2. The number of ether oxygens (including phenoxy) is 2. The molecule has 11 atom stereocenters. The van der Waals surface area contributed by atoms with Crippen LogP contribution in [0.5, 0.6) is 0 Å². The second kappa shape index (κ2) is 8.53. The molecule has 9 unspecified atom stereocenters. The van der Waals surface area contributed by atoms with Crippen LogP contribution in [-0.4, -0.2) is 57.4 Å². The van der Waals surface area contributed by atoms with Crippen molar-refractivity contribution in [2.75, 3.05) is 0 Å². The van der Waals surface area contributed by atoms with E-state index in [0.717, 1.165) is 38.5 Å². The minimum Gasteiger partial charge on any atom is -0.457 e. The molecule has 0 radical (unpaired) electrons. The van der Waals surface area contributed by atoms with E-state index in [2.05, 4.69) is 33.8 Å². The first kappa shape index (κ1) is 26.6. The lowest BCUT2D eigenvalue weighted by Crippen LogP contribution is -2.56. The fraction of sp³-hybridized carbons (Fsp3) is 0.900. The van der Waals surface area contributed by atoms with Gasteiger partial charge in [0.1, 0.15) is 0 Å². The van der Waals surface area contributed by atoms with E-state index in [1.165, 1.54) is 12.5 Å². The summed E-state index contributed by atoms with van der Waals surface area (Å²) in [6.45, 7) is 13.9. The molecule has 6 nitrogen and oxygen atoms in total. The molecule has 1 aliphatic heterocycles. The molecule has 4 fully saturated rings. The Kier molecular flexibility index (Phi) is 6.31. The first-order valence-corrected chi connectivity index (χ1v) is 14.2. The standard InChI is InChI=1S/C30H48O6/c1-16(31)35-26(28(4,5)34)20-10-9-19-25(36-20)24(33)23-17-8-11-21-27(2,3)22(32)13-15-29(21,6)18(17)12-14-30(19,23)7/h12,17,19-26,32-34H,8-11,13-15H2,1-7H3/t17?,19-,20?,21?,22?,23?,24+,25?,26?,29?,30?/m0/s1. The Morgan fingerprint density at radius 1 is 1.11 bits per heavy atom. The Morgan fingerprint density at radius 2 is 1.81 bits per heavy atom. The third-order valence-corrected chi connectivity index (χ3v) is 11.6. The van der Waals surface area contributed by atoms with Gasteiger partial charge in [0.25, 0.3) is 0 Å². The predicted octanol–water partition coefficient (Wildman–Crippen LogP) is 4.39. The van der Waals surface area contributed by atoms with E-state index >= 15 is 0 Å². The van der Waals surface area contributed by atoms with Crippen LogP contribution in [0.25, 0.3) is 0 Å². The van der Waals surface area contributed by atoms with E-state index in [9.17, 15) is 20.1 Å². The molecule has 4 aliphatic carbocycles. The molecule has 0 amide bonds. The molecule has 204 valence electrons. The van der Waals surface area contributed by atoms with Crippen LogP contribution < -0.4 is 0 Å². The molecule has 36 heavy (non-hydrogen) atoms. The summed E-state index contributed by atoms with van der Waals surface area (Å²) in [5.41, 5.74) is 0.196. The van der Waals surface area contributed by atoms with Crippen molar-refractivity contribution in [3.63, 3.8) is 0 Å². The summed E-state index contributed by atoms with van der Waals surface area (Å²) < 4.78 is 12.1. The second-order valence-electron chi connectivity index (χ2n) is 14.4. The highest BCUT2D eigenvalue weighted by Crippen LogP contribution is 2.69. The van der Waals surface area contributed by atoms with Gasteiger partial charge in [-0.15, -0.1) is 0 Å². The third kappa shape index (κ3) is 3.76. The molecule has 5 aliphatic rings. The molecule has 0 aromatic heterocycles. The van der Waals surface area contributed by atoms with Crippen LogP contribution in [0.3, 0.4) is 0 Å². The highest BCUT2D eigenvalue weighted by Gasteiger charge is 2.66. The van der Waals surface area contributed by atoms with Gasteiger partial charge in [-0.1, -0.05) is 39.3 Å². The van der Waals surface area contributed by atoms with Crippen molar-refractivity contribution in [3.05, 3.63) is 11.6 Å². The summed E-state index contributed by atoms with van der Waals surface area (Å²) in [5, 5.41) is 33.4. The summed E-state index contributed by atoms with van der Waals surface area (Å²) in [6, 6.07) is 0. The quantitative estimate of drug-likeness (QED) is 0.390. The number of allylic oxidation sites excluding steroid dienone is 2. The van der Waals surface area contributed by atoms with Crippen molar-refractivity contribution in [1.82, 2.24) is 0 Å². The van der Waals surface area contributed by atoms with E-state index in [-0.39, 0.29) is 40.3 Å². The zero-order chi connectivity index (χ0) is 26.4. The Labute approximate surface area is 216 Å². The fourth-order valence-electron chi connectivity index (χ4n) is 9.88. The van der Waals surface area contributed by atoms with Crippen molar-refractivity contribution in [2.45, 2.75) is 130 Å². The van der Waals surface area contributed by atoms with Gasteiger partial charge in [-0.3, -0.25) is 4.79 Å². The van der Waals surface area contributed by atoms with Crippen LogP contribution in [0.15, 0.2) is 11.6 Å². The van der Waals surface area contributed by atoms with E-state index in [0.29, 0.717) is 18.3 Å². The topological polar surface area (TPSA) is 96.2 Å². The predicted molar refractivity (Wildman–Crippen MR) is 137 cm³/mol. The molecule has 1 heterocycles. The van der Waals surface area contributed by atoms with Crippen LogP contribution in [0.4, 0.5) is 0 Å². The van der Waals surface area contributed by atoms with Crippen LogP contribution in [-0.2, 0) is 14.3 Å². The third-order valence-electron chi connectivity index (χ3n) is 11.6. The summed E-state index contributed by atoms with van der Waals surface area (Å²) >= 11 is 0. The number of carbonyl (C=O) groups excluding carboxylic acids is 1. The van der Waals surface area contributed by atoms with Gasteiger partial charge in [-0.2, -0.15) is 0 Å². The maximum absolute atomic E-state index is 11.9. The highest BCUT2D eigenvalue weighted by molar-refractivity contribution is 5.66. The summed E-state index contributed by atoms with van der Waals surface area (Å²) in [4.78, 5) is 11.8. The molecule has 1 saturated heterocycles. The fourth-order valence-corrected chi connectivity index (χ4v) is 9.88. The van der Waals surface area contributed by atoms with E-state index in [4.69, 9.17) is 9.47 Å². The van der Waals surface area contributed by atoms with Crippen LogP contribution >= 0.6 is 0 Å². The summed E-state index contributed by atoms with van der Waals surface area (Å²) in [5.74, 6) is 0.713. The number of carbonyl (C=O) groups is 1. The minimum absolute atomic E-state index is 0.0399. The lowest BCUT2D eigenvalue weighted by Gasteiger charge is -2.61. The van der Waals surface area contributed by atoms with Gasteiger partial charge in [0.15, 0.2) is 6.10 Å². The summed E-state index contributed by atoms with van der Waals surface area (Å²) in [6.07, 6.45) is 6.65. The average Bonchev–Trinajstić information content (AvgIpc) is 3.01. The molecular formula is C30H48O6. The molecule has 6 heteroatoms. The number of rotatable bonds is 3. The zero-order valence-corrected chi connectivity index (χ0v) is 23.3. The smallest absolute Gasteiger partial charge is 0.303 e. The zero-order valence-electron chi connectivity index (χ0n) is 23.3. The lowest BCUT2D eigenvalue weighted by atomic mass is 9.44. The molecule has 3 N–H and O–H groups in total. The van der Waals surface area contributed by atoms with Gasteiger partial charge in [0.2, 0.25) is 0 Å². The molecule has 0 aromatic rings. The number of fused-ring (bicyclic) bond motifs is 7. The normalized spacial score (nSPS) is 48.6. The van der Waals surface area contributed by atoms with E-state index in [1.54, 1.807) is 13.8 Å². The Bertz CT molecular complexity index is 919. The Hall–Kier alpha value is -0.950. The Morgan fingerprint density at radius 3 is 2.44 bits per heavy atom. The van der Waals surface area contributed by atoms with Crippen molar-refractivity contribution in [2.24, 2.45) is 39.9 Å². The van der Waals surface area contributed by atoms with Gasteiger partial charge in [0.05, 0.1) is 30.0 Å². The van der Waals surface area contributed by atoms with Gasteiger partial charge in [-0.25, -0.2) is 0 Å². The molecule has 0 spiro atoms. The number of esters is 1. The maximum atomic E-state index is 11.9. The highest BCUT2D eigenvalue weighted by atomic mass is 16.6. The molecule has 3 saturated carbocycles. The first-order valence-electron chi connectivity index (χ1n) is 14.2. The number of hydrogen-bond donors (Lipinski definition) is 3. The largest absolute Gasteiger partial charge is 0.457 e. The lowest BCUT2D eigenvalue weighted by molar-refractivity contribution is -0.207. The molecule has 0 bridgehead atoms. The van der Waals surface area contributed by atoms with Gasteiger partial charge < -0.3 is 24.8 Å². The van der Waals surface area contributed by atoms with Crippen LogP contribution in [0.2, 0.25) is 0 Å². The van der Waals surface area contributed by atoms with Crippen molar-refractivity contribution in [3.8, 4) is 0 Å². The molecule has 0 aromatic carbocycles. The first-order chi connectivity index (χ1) is 16.6.